The van der Waals surface area contributed by atoms with Gasteiger partial charge in [0.2, 0.25) is 0 Å². The van der Waals surface area contributed by atoms with E-state index in [0.29, 0.717) is 6.42 Å². The van der Waals surface area contributed by atoms with Gasteiger partial charge in [0.1, 0.15) is 0 Å². The van der Waals surface area contributed by atoms with E-state index in [1.54, 1.807) is 0 Å². The molecule has 1 aliphatic heterocycles. The maximum absolute atomic E-state index is 8.59. The van der Waals surface area contributed by atoms with E-state index in [9.17, 15) is 0 Å². The Balaban J connectivity index is 1.97. The van der Waals surface area contributed by atoms with Gasteiger partial charge in [-0.25, -0.2) is 0 Å². The topological polar surface area (TPSA) is 30.3 Å². The van der Waals surface area contributed by atoms with Crippen LogP contribution in [-0.2, 0) is 0 Å². The third-order valence-corrected chi connectivity index (χ3v) is 3.66. The molecule has 1 fully saturated rings. The molecule has 0 bridgehead atoms. The monoisotopic (exact) mass is 263 g/mol. The lowest BCUT2D eigenvalue weighted by atomic mass is 10.1. The number of piperazine rings is 1. The molecular formula is C14H18ClN3. The minimum absolute atomic E-state index is 0.621. The first kappa shape index (κ1) is 13.2. The summed E-state index contributed by atoms with van der Waals surface area (Å²) in [4.78, 5) is 4.73. The first-order valence-corrected chi connectivity index (χ1v) is 6.69. The van der Waals surface area contributed by atoms with Crippen LogP contribution < -0.4 is 4.90 Å². The van der Waals surface area contributed by atoms with Gasteiger partial charge in [-0.1, -0.05) is 17.7 Å². The molecule has 18 heavy (non-hydrogen) atoms. The van der Waals surface area contributed by atoms with Gasteiger partial charge >= 0.3 is 0 Å². The number of aryl methyl sites for hydroxylation is 1. The third kappa shape index (κ3) is 3.16. The molecule has 3 nitrogen and oxygen atoms in total. The van der Waals surface area contributed by atoms with Gasteiger partial charge in [-0.2, -0.15) is 5.26 Å². The normalized spacial score (nSPS) is 16.6. The lowest BCUT2D eigenvalue weighted by molar-refractivity contribution is 0.263. The number of nitriles is 1. The van der Waals surface area contributed by atoms with Crippen LogP contribution in [0.25, 0.3) is 0 Å². The Kier molecular flexibility index (Phi) is 4.46. The van der Waals surface area contributed by atoms with Crippen LogP contribution in [0.4, 0.5) is 5.69 Å². The minimum Gasteiger partial charge on any atom is -0.369 e. The first-order valence-electron chi connectivity index (χ1n) is 6.31. The molecule has 0 saturated carbocycles. The molecule has 1 aliphatic rings. The fraction of sp³-hybridized carbons (Fsp3) is 0.500. The first-order chi connectivity index (χ1) is 8.70. The molecule has 0 amide bonds. The highest BCUT2D eigenvalue weighted by molar-refractivity contribution is 6.30. The Labute approximate surface area is 114 Å². The Morgan fingerprint density at radius 1 is 1.28 bits per heavy atom. The molecule has 4 heteroatoms. The van der Waals surface area contributed by atoms with Crippen LogP contribution in [0, 0.1) is 18.3 Å². The lowest BCUT2D eigenvalue weighted by Crippen LogP contribution is -2.46. The van der Waals surface area contributed by atoms with E-state index in [4.69, 9.17) is 16.9 Å². The number of hydrogen-bond donors (Lipinski definition) is 0. The van der Waals surface area contributed by atoms with E-state index in [1.807, 2.05) is 12.1 Å². The summed E-state index contributed by atoms with van der Waals surface area (Å²) in [7, 11) is 0. The molecular weight excluding hydrogens is 246 g/mol. The van der Waals surface area contributed by atoms with Crippen LogP contribution in [0.3, 0.4) is 0 Å². The van der Waals surface area contributed by atoms with E-state index in [0.717, 1.165) is 37.7 Å². The zero-order valence-corrected chi connectivity index (χ0v) is 11.5. The standard InChI is InChI=1S/C14H18ClN3/c1-12-3-4-13(15)11-14(12)18-9-7-17(8-10-18)6-2-5-16/h3-4,11H,2,6-10H2,1H3. The van der Waals surface area contributed by atoms with E-state index < -0.39 is 0 Å². The van der Waals surface area contributed by atoms with Crippen LogP contribution in [-0.4, -0.2) is 37.6 Å². The van der Waals surface area contributed by atoms with Gasteiger partial charge in [0.25, 0.3) is 0 Å². The second-order valence-electron chi connectivity index (χ2n) is 4.67. The number of nitrogens with zero attached hydrogens (tertiary/aromatic N) is 3. The Bertz CT molecular complexity index is 445. The van der Waals surface area contributed by atoms with E-state index in [1.165, 1.54) is 11.3 Å². The van der Waals surface area contributed by atoms with E-state index in [2.05, 4.69) is 28.9 Å². The fourth-order valence-electron chi connectivity index (χ4n) is 2.34. The van der Waals surface area contributed by atoms with Gasteiger partial charge in [0.05, 0.1) is 6.07 Å². The predicted octanol–water partition coefficient (Wildman–Crippen LogP) is 2.68. The summed E-state index contributed by atoms with van der Waals surface area (Å²) in [6, 6.07) is 8.25. The van der Waals surface area contributed by atoms with Gasteiger partial charge in [-0.15, -0.1) is 0 Å². The van der Waals surface area contributed by atoms with Crippen molar-refractivity contribution < 1.29 is 0 Å². The Hall–Kier alpha value is -1.24. The lowest BCUT2D eigenvalue weighted by Gasteiger charge is -2.36. The molecule has 0 atom stereocenters. The molecule has 1 aromatic carbocycles. The SMILES string of the molecule is Cc1ccc(Cl)cc1N1CCN(CCC#N)CC1. The second-order valence-corrected chi connectivity index (χ2v) is 5.10. The summed E-state index contributed by atoms with van der Waals surface area (Å²) in [5, 5.41) is 9.39. The summed E-state index contributed by atoms with van der Waals surface area (Å²) in [6.45, 7) is 7.06. The molecule has 96 valence electrons. The molecule has 1 aromatic rings. The predicted molar refractivity (Wildman–Crippen MR) is 75.1 cm³/mol. The number of hydrogen-bond acceptors (Lipinski definition) is 3. The number of halogens is 1. The number of rotatable bonds is 3. The van der Waals surface area contributed by atoms with E-state index in [-0.39, 0.29) is 0 Å². The van der Waals surface area contributed by atoms with Crippen molar-refractivity contribution >= 4 is 17.3 Å². The van der Waals surface area contributed by atoms with Crippen LogP contribution in [0.1, 0.15) is 12.0 Å². The average Bonchev–Trinajstić information content (AvgIpc) is 2.40. The molecule has 2 rings (SSSR count). The van der Waals surface area contributed by atoms with Crippen LogP contribution in [0.5, 0.6) is 0 Å². The molecule has 0 aliphatic carbocycles. The maximum Gasteiger partial charge on any atom is 0.0635 e. The number of anilines is 1. The highest BCUT2D eigenvalue weighted by Crippen LogP contribution is 2.25. The second kappa shape index (κ2) is 6.08. The van der Waals surface area contributed by atoms with Crippen molar-refractivity contribution in [2.24, 2.45) is 0 Å². The van der Waals surface area contributed by atoms with Crippen LogP contribution >= 0.6 is 11.6 Å². The molecule has 0 spiro atoms. The fourth-order valence-corrected chi connectivity index (χ4v) is 2.51. The summed E-state index contributed by atoms with van der Waals surface area (Å²) in [5.74, 6) is 0. The Morgan fingerprint density at radius 3 is 2.67 bits per heavy atom. The minimum atomic E-state index is 0.621. The summed E-state index contributed by atoms with van der Waals surface area (Å²) in [6.07, 6.45) is 0.621. The van der Waals surface area contributed by atoms with Crippen molar-refractivity contribution in [3.05, 3.63) is 28.8 Å². The zero-order valence-electron chi connectivity index (χ0n) is 10.7. The summed E-state index contributed by atoms with van der Waals surface area (Å²) >= 11 is 6.06. The van der Waals surface area contributed by atoms with Gasteiger partial charge in [-0.3, -0.25) is 4.90 Å². The largest absolute Gasteiger partial charge is 0.369 e. The third-order valence-electron chi connectivity index (χ3n) is 3.42. The molecule has 0 radical (unpaired) electrons. The van der Waals surface area contributed by atoms with Crippen molar-refractivity contribution in [1.82, 2.24) is 4.90 Å². The highest BCUT2D eigenvalue weighted by Gasteiger charge is 2.18. The van der Waals surface area contributed by atoms with Crippen molar-refractivity contribution in [2.45, 2.75) is 13.3 Å². The zero-order chi connectivity index (χ0) is 13.0. The molecule has 1 saturated heterocycles. The van der Waals surface area contributed by atoms with Crippen LogP contribution in [0.2, 0.25) is 5.02 Å². The summed E-state index contributed by atoms with van der Waals surface area (Å²) in [5.41, 5.74) is 2.51. The smallest absolute Gasteiger partial charge is 0.0635 e. The van der Waals surface area contributed by atoms with Gasteiger partial charge in [0.15, 0.2) is 0 Å². The highest BCUT2D eigenvalue weighted by atomic mass is 35.5. The van der Waals surface area contributed by atoms with Gasteiger partial charge in [-0.05, 0) is 24.6 Å². The Morgan fingerprint density at radius 2 is 2.00 bits per heavy atom. The van der Waals surface area contributed by atoms with Gasteiger partial charge < -0.3 is 4.90 Å². The maximum atomic E-state index is 8.59. The average molecular weight is 264 g/mol. The van der Waals surface area contributed by atoms with Crippen molar-refractivity contribution in [3.63, 3.8) is 0 Å². The van der Waals surface area contributed by atoms with E-state index >= 15 is 0 Å². The van der Waals surface area contributed by atoms with Gasteiger partial charge in [0, 0.05) is 49.9 Å². The van der Waals surface area contributed by atoms with Crippen molar-refractivity contribution in [1.29, 1.82) is 5.26 Å². The van der Waals surface area contributed by atoms with Crippen molar-refractivity contribution in [3.8, 4) is 6.07 Å². The van der Waals surface area contributed by atoms with Crippen molar-refractivity contribution in [2.75, 3.05) is 37.6 Å². The molecule has 1 heterocycles. The molecule has 0 aromatic heterocycles. The summed E-state index contributed by atoms with van der Waals surface area (Å²) < 4.78 is 0. The quantitative estimate of drug-likeness (QED) is 0.840. The number of benzene rings is 1. The molecule has 0 unspecified atom stereocenters. The molecule has 0 N–H and O–H groups in total. The van der Waals surface area contributed by atoms with Crippen LogP contribution in [0.15, 0.2) is 18.2 Å².